The number of hydrogen-bond donors (Lipinski definition) is 1. The lowest BCUT2D eigenvalue weighted by Crippen LogP contribution is -2.14. The smallest absolute Gasteiger partial charge is 0.320 e. The molecule has 0 spiro atoms. The Kier molecular flexibility index (Phi) is 4.81. The Morgan fingerprint density at radius 3 is 2.69 bits per heavy atom. The van der Waals surface area contributed by atoms with Crippen LogP contribution in [0.5, 0.6) is 0 Å². The van der Waals surface area contributed by atoms with E-state index in [4.69, 9.17) is 0 Å². The Labute approximate surface area is 170 Å². The highest BCUT2D eigenvalue weighted by Gasteiger charge is 2.25. The molecule has 9 heteroatoms. The van der Waals surface area contributed by atoms with E-state index in [0.29, 0.717) is 12.2 Å². The summed E-state index contributed by atoms with van der Waals surface area (Å²) in [6, 6.07) is 13.3. The third kappa shape index (κ3) is 3.72. The van der Waals surface area contributed by atoms with Gasteiger partial charge in [-0.05, 0) is 55.8 Å². The summed E-state index contributed by atoms with van der Waals surface area (Å²) in [5.74, 6) is -0.618. The summed E-state index contributed by atoms with van der Waals surface area (Å²) in [6.45, 7) is 4.27. The normalized spacial score (nSPS) is 11.0. The van der Waals surface area contributed by atoms with Crippen LogP contribution in [-0.2, 0) is 6.54 Å². The van der Waals surface area contributed by atoms with Crippen LogP contribution in [0, 0.1) is 17.0 Å². The molecule has 4 aromatic rings. The van der Waals surface area contributed by atoms with Crippen LogP contribution in [0.3, 0.4) is 0 Å². The minimum Gasteiger partial charge on any atom is -0.320 e. The monoisotopic (exact) mass is 407 g/mol. The maximum absolute atomic E-state index is 12.5. The number of thiazole rings is 1. The molecule has 29 heavy (non-hydrogen) atoms. The van der Waals surface area contributed by atoms with Gasteiger partial charge in [0.15, 0.2) is 0 Å². The third-order valence-electron chi connectivity index (χ3n) is 4.41. The molecule has 0 saturated heterocycles. The van der Waals surface area contributed by atoms with Gasteiger partial charge in [-0.15, -0.1) is 11.3 Å². The highest BCUT2D eigenvalue weighted by Crippen LogP contribution is 2.31. The predicted molar refractivity (Wildman–Crippen MR) is 112 cm³/mol. The van der Waals surface area contributed by atoms with Crippen molar-refractivity contribution in [2.24, 2.45) is 0 Å². The molecule has 0 radical (unpaired) electrons. The SMILES string of the molecule is CCn1cc([N+](=O)[O-])c(C(=O)Nc2ccc(-c3nc4ccc(C)cc4s3)cc2)n1. The minimum atomic E-state index is -0.618. The number of fused-ring (bicyclic) bond motifs is 1. The molecule has 0 atom stereocenters. The first-order valence-corrected chi connectivity index (χ1v) is 9.77. The van der Waals surface area contributed by atoms with Gasteiger partial charge >= 0.3 is 5.69 Å². The first kappa shape index (κ1) is 18.8. The zero-order chi connectivity index (χ0) is 20.5. The first-order valence-electron chi connectivity index (χ1n) is 8.95. The number of rotatable bonds is 5. The highest BCUT2D eigenvalue weighted by molar-refractivity contribution is 7.21. The number of nitrogens with one attached hydrogen (secondary N) is 1. The largest absolute Gasteiger partial charge is 0.320 e. The Morgan fingerprint density at radius 2 is 2.00 bits per heavy atom. The number of nitro groups is 1. The van der Waals surface area contributed by atoms with Crippen molar-refractivity contribution in [1.82, 2.24) is 14.8 Å². The van der Waals surface area contributed by atoms with E-state index in [0.717, 1.165) is 20.8 Å². The van der Waals surface area contributed by atoms with Gasteiger partial charge < -0.3 is 5.32 Å². The summed E-state index contributed by atoms with van der Waals surface area (Å²) in [4.78, 5) is 27.7. The lowest BCUT2D eigenvalue weighted by molar-refractivity contribution is -0.385. The molecular formula is C20H17N5O3S. The molecule has 0 aliphatic heterocycles. The Balaban J connectivity index is 1.56. The number of carbonyl (C=O) groups excluding carboxylic acids is 1. The number of aryl methyl sites for hydroxylation is 2. The van der Waals surface area contributed by atoms with Crippen molar-refractivity contribution < 1.29 is 9.72 Å². The minimum absolute atomic E-state index is 0.206. The van der Waals surface area contributed by atoms with E-state index in [-0.39, 0.29) is 11.4 Å². The third-order valence-corrected chi connectivity index (χ3v) is 5.48. The van der Waals surface area contributed by atoms with Gasteiger partial charge in [-0.25, -0.2) is 4.98 Å². The second kappa shape index (κ2) is 7.44. The molecule has 2 aromatic carbocycles. The molecule has 0 saturated carbocycles. The number of anilines is 1. The second-order valence-corrected chi connectivity index (χ2v) is 7.53. The van der Waals surface area contributed by atoms with Crippen molar-refractivity contribution in [3.63, 3.8) is 0 Å². The van der Waals surface area contributed by atoms with Gasteiger partial charge in [0.05, 0.1) is 15.1 Å². The molecule has 0 unspecified atom stereocenters. The molecule has 2 heterocycles. The van der Waals surface area contributed by atoms with Crippen LogP contribution >= 0.6 is 11.3 Å². The molecule has 146 valence electrons. The summed E-state index contributed by atoms with van der Waals surface area (Å²) < 4.78 is 2.49. The average molecular weight is 407 g/mol. The zero-order valence-electron chi connectivity index (χ0n) is 15.7. The Hall–Kier alpha value is -3.59. The maximum Gasteiger partial charge on any atom is 0.320 e. The fourth-order valence-electron chi connectivity index (χ4n) is 2.91. The Bertz CT molecular complexity index is 1230. The topological polar surface area (TPSA) is 103 Å². The summed E-state index contributed by atoms with van der Waals surface area (Å²) in [7, 11) is 0. The van der Waals surface area contributed by atoms with Crippen LogP contribution < -0.4 is 5.32 Å². The average Bonchev–Trinajstić information content (AvgIpc) is 3.32. The van der Waals surface area contributed by atoms with Crippen LogP contribution in [0.15, 0.2) is 48.7 Å². The maximum atomic E-state index is 12.5. The van der Waals surface area contributed by atoms with Crippen LogP contribution in [-0.4, -0.2) is 25.6 Å². The summed E-state index contributed by atoms with van der Waals surface area (Å²) in [6.07, 6.45) is 1.26. The highest BCUT2D eigenvalue weighted by atomic mass is 32.1. The van der Waals surface area contributed by atoms with E-state index in [1.807, 2.05) is 31.2 Å². The predicted octanol–water partition coefficient (Wildman–Crippen LogP) is 4.65. The van der Waals surface area contributed by atoms with E-state index in [1.54, 1.807) is 30.4 Å². The van der Waals surface area contributed by atoms with Gasteiger partial charge in [0.2, 0.25) is 5.69 Å². The number of aromatic nitrogens is 3. The van der Waals surface area contributed by atoms with Crippen LogP contribution in [0.4, 0.5) is 11.4 Å². The molecule has 4 rings (SSSR count). The van der Waals surface area contributed by atoms with Crippen molar-refractivity contribution in [2.45, 2.75) is 20.4 Å². The zero-order valence-corrected chi connectivity index (χ0v) is 16.6. The molecule has 1 amide bonds. The van der Waals surface area contributed by atoms with Gasteiger partial charge in [-0.1, -0.05) is 6.07 Å². The number of hydrogen-bond acceptors (Lipinski definition) is 6. The standard InChI is InChI=1S/C20H17N5O3S/c1-3-24-11-16(25(27)28)18(23-24)19(26)21-14-7-5-13(6-8-14)20-22-15-9-4-12(2)10-17(15)29-20/h4-11H,3H2,1-2H3,(H,21,26). The fourth-order valence-corrected chi connectivity index (χ4v) is 3.98. The quantitative estimate of drug-likeness (QED) is 0.383. The Morgan fingerprint density at radius 1 is 1.24 bits per heavy atom. The van der Waals surface area contributed by atoms with E-state index >= 15 is 0 Å². The number of amides is 1. The summed E-state index contributed by atoms with van der Waals surface area (Å²) >= 11 is 1.61. The molecule has 1 N–H and O–H groups in total. The van der Waals surface area contributed by atoms with E-state index in [2.05, 4.69) is 21.5 Å². The second-order valence-electron chi connectivity index (χ2n) is 6.50. The molecule has 0 fully saturated rings. The van der Waals surface area contributed by atoms with Crippen molar-refractivity contribution >= 4 is 38.8 Å². The van der Waals surface area contributed by atoms with Crippen molar-refractivity contribution in [2.75, 3.05) is 5.32 Å². The van der Waals surface area contributed by atoms with Crippen LogP contribution in [0.2, 0.25) is 0 Å². The number of nitrogens with zero attached hydrogens (tertiary/aromatic N) is 4. The summed E-state index contributed by atoms with van der Waals surface area (Å²) in [5, 5.41) is 18.7. The van der Waals surface area contributed by atoms with Crippen molar-refractivity contribution in [3.05, 3.63) is 70.0 Å². The lowest BCUT2D eigenvalue weighted by Gasteiger charge is -2.04. The number of carbonyl (C=O) groups is 1. The molecular weight excluding hydrogens is 390 g/mol. The van der Waals surface area contributed by atoms with E-state index in [9.17, 15) is 14.9 Å². The first-order chi connectivity index (χ1) is 13.9. The molecule has 0 aliphatic carbocycles. The van der Waals surface area contributed by atoms with Crippen LogP contribution in [0.1, 0.15) is 23.0 Å². The van der Waals surface area contributed by atoms with Crippen molar-refractivity contribution in [1.29, 1.82) is 0 Å². The molecule has 2 aromatic heterocycles. The summed E-state index contributed by atoms with van der Waals surface area (Å²) in [5.41, 5.74) is 3.07. The van der Waals surface area contributed by atoms with E-state index < -0.39 is 10.8 Å². The fraction of sp³-hybridized carbons (Fsp3) is 0.150. The van der Waals surface area contributed by atoms with Gasteiger partial charge in [0.25, 0.3) is 5.91 Å². The van der Waals surface area contributed by atoms with Gasteiger partial charge in [0.1, 0.15) is 11.2 Å². The van der Waals surface area contributed by atoms with Crippen LogP contribution in [0.25, 0.3) is 20.8 Å². The van der Waals surface area contributed by atoms with Gasteiger partial charge in [0, 0.05) is 17.8 Å². The van der Waals surface area contributed by atoms with E-state index in [1.165, 1.54) is 16.4 Å². The molecule has 8 nitrogen and oxygen atoms in total. The lowest BCUT2D eigenvalue weighted by atomic mass is 10.2. The van der Waals surface area contributed by atoms with Crippen molar-refractivity contribution in [3.8, 4) is 10.6 Å². The molecule has 0 bridgehead atoms. The van der Waals surface area contributed by atoms with Gasteiger partial charge in [-0.2, -0.15) is 5.10 Å². The van der Waals surface area contributed by atoms with Gasteiger partial charge in [-0.3, -0.25) is 19.6 Å². The molecule has 0 aliphatic rings. The number of benzene rings is 2.